The van der Waals surface area contributed by atoms with Crippen LogP contribution in [0.15, 0.2) is 53.7 Å². The van der Waals surface area contributed by atoms with Gasteiger partial charge in [0.05, 0.1) is 17.0 Å². The number of anilines is 1. The molecule has 0 aliphatic heterocycles. The van der Waals surface area contributed by atoms with Gasteiger partial charge in [0.2, 0.25) is 11.9 Å². The zero-order chi connectivity index (χ0) is 32.8. The third-order valence-corrected chi connectivity index (χ3v) is 8.44. The number of para-hydroxylation sites is 1. The summed E-state index contributed by atoms with van der Waals surface area (Å²) in [5, 5.41) is 23.2. The van der Waals surface area contributed by atoms with Gasteiger partial charge in [-0.25, -0.2) is 4.98 Å². The van der Waals surface area contributed by atoms with Crippen molar-refractivity contribution in [3.05, 3.63) is 80.6 Å². The number of amides is 1. The Morgan fingerprint density at radius 2 is 1.82 bits per heavy atom. The number of hydrogen-bond acceptors (Lipinski definition) is 10. The predicted molar refractivity (Wildman–Crippen MR) is 182 cm³/mol. The number of thioether (sulfide) groups is 1. The van der Waals surface area contributed by atoms with E-state index in [1.807, 2.05) is 24.3 Å². The first kappa shape index (κ1) is 36.2. The van der Waals surface area contributed by atoms with Gasteiger partial charge in [0.15, 0.2) is 11.0 Å². The lowest BCUT2D eigenvalue weighted by molar-refractivity contribution is -0.385. The fourth-order valence-electron chi connectivity index (χ4n) is 4.66. The number of nitro groups is 1. The van der Waals surface area contributed by atoms with Crippen LogP contribution in [-0.2, 0) is 22.6 Å². The highest BCUT2D eigenvalue weighted by atomic mass is 35.5. The summed E-state index contributed by atoms with van der Waals surface area (Å²) in [6.45, 7) is 12.3. The highest BCUT2D eigenvalue weighted by molar-refractivity contribution is 7.98. The van der Waals surface area contributed by atoms with Gasteiger partial charge in [0, 0.05) is 61.5 Å². The van der Waals surface area contributed by atoms with E-state index in [0.29, 0.717) is 58.9 Å². The molecule has 1 heterocycles. The molecule has 3 rings (SSSR count). The second kappa shape index (κ2) is 18.0. The molecule has 1 aromatic heterocycles. The lowest BCUT2D eigenvalue weighted by Gasteiger charge is -2.31. The van der Waals surface area contributed by atoms with Gasteiger partial charge in [-0.05, 0) is 31.0 Å². The van der Waals surface area contributed by atoms with E-state index in [9.17, 15) is 14.9 Å². The van der Waals surface area contributed by atoms with E-state index in [4.69, 9.17) is 26.6 Å². The summed E-state index contributed by atoms with van der Waals surface area (Å²) in [5.74, 6) is 1.65. The molecule has 2 aromatic carbocycles. The van der Waals surface area contributed by atoms with Crippen molar-refractivity contribution in [3.8, 4) is 0 Å². The normalized spacial score (nSPS) is 12.6. The van der Waals surface area contributed by atoms with Crippen LogP contribution in [0.5, 0.6) is 0 Å². The summed E-state index contributed by atoms with van der Waals surface area (Å²) in [4.78, 5) is 39.8. The van der Waals surface area contributed by atoms with Crippen molar-refractivity contribution in [2.24, 2.45) is 0 Å². The van der Waals surface area contributed by atoms with Gasteiger partial charge in [-0.3, -0.25) is 14.9 Å². The molecule has 0 fully saturated rings. The van der Waals surface area contributed by atoms with E-state index in [0.717, 1.165) is 31.4 Å². The van der Waals surface area contributed by atoms with Gasteiger partial charge in [-0.15, -0.1) is 0 Å². The molecule has 0 spiro atoms. The Morgan fingerprint density at radius 3 is 2.49 bits per heavy atom. The van der Waals surface area contributed by atoms with Gasteiger partial charge < -0.3 is 20.9 Å². The van der Waals surface area contributed by atoms with Crippen molar-refractivity contribution in [3.63, 3.8) is 0 Å². The minimum Gasteiger partial charge on any atom is -0.353 e. The fraction of sp³-hybridized carbons (Fsp3) is 0.500. The van der Waals surface area contributed by atoms with Crippen LogP contribution in [-0.4, -0.2) is 62.9 Å². The smallest absolute Gasteiger partial charge is 0.274 e. The lowest BCUT2D eigenvalue weighted by atomic mass is 9.93. The number of nitrogens with zero attached hydrogens (tertiary/aromatic N) is 5. The van der Waals surface area contributed by atoms with Crippen LogP contribution in [0.1, 0.15) is 70.8 Å². The molecule has 3 N–H and O–H groups in total. The van der Waals surface area contributed by atoms with Gasteiger partial charge in [0.25, 0.3) is 5.69 Å². The molecule has 0 saturated carbocycles. The van der Waals surface area contributed by atoms with Crippen molar-refractivity contribution in [1.29, 1.82) is 0 Å². The molecule has 3 aromatic rings. The van der Waals surface area contributed by atoms with E-state index < -0.39 is 10.5 Å². The third-order valence-electron chi connectivity index (χ3n) is 7.27. The minimum absolute atomic E-state index is 0.00179. The van der Waals surface area contributed by atoms with Gasteiger partial charge in [0.1, 0.15) is 0 Å². The lowest BCUT2D eigenvalue weighted by Crippen LogP contribution is -2.45. The number of carbonyl (C=O) groups excluding carboxylic acids is 1. The molecule has 1 amide bonds. The summed E-state index contributed by atoms with van der Waals surface area (Å²) in [5.41, 5.74) is 0.996. The first-order valence-corrected chi connectivity index (χ1v) is 16.7. The van der Waals surface area contributed by atoms with E-state index in [1.165, 1.54) is 24.8 Å². The molecule has 1 atom stereocenters. The van der Waals surface area contributed by atoms with Crippen LogP contribution in [0.3, 0.4) is 0 Å². The van der Waals surface area contributed by atoms with Crippen molar-refractivity contribution in [2.75, 3.05) is 31.5 Å². The van der Waals surface area contributed by atoms with Crippen molar-refractivity contribution in [1.82, 2.24) is 30.5 Å². The number of rotatable bonds is 19. The maximum absolute atomic E-state index is 12.6. The maximum atomic E-state index is 12.6. The van der Waals surface area contributed by atoms with Gasteiger partial charge >= 0.3 is 0 Å². The van der Waals surface area contributed by atoms with Gasteiger partial charge in [-0.2, -0.15) is 9.97 Å². The SMILES string of the molecule is CCCCC(C)(NCCN(Cc1ccccc1[N+](=O)[O-])C(C)=O)c1nc(NCCNC(C)C)nc(SCc2ccc(Cl)cc2)n1. The number of unbranched alkanes of at least 4 members (excludes halogenated alkanes) is 1. The number of halogens is 1. The molecule has 45 heavy (non-hydrogen) atoms. The quantitative estimate of drug-likeness (QED) is 0.0593. The Labute approximate surface area is 275 Å². The Balaban J connectivity index is 1.82. The maximum Gasteiger partial charge on any atom is 0.274 e. The molecule has 0 aliphatic carbocycles. The Kier molecular flexibility index (Phi) is 14.4. The Hall–Kier alpha value is -3.32. The molecular weight excluding hydrogens is 612 g/mol. The molecule has 0 saturated heterocycles. The van der Waals surface area contributed by atoms with Crippen molar-refractivity contribution in [2.45, 2.75) is 82.9 Å². The first-order valence-electron chi connectivity index (χ1n) is 15.3. The van der Waals surface area contributed by atoms with E-state index in [-0.39, 0.29) is 18.1 Å². The Bertz CT molecular complexity index is 1400. The predicted octanol–water partition coefficient (Wildman–Crippen LogP) is 6.18. The molecular formula is C32H45ClN8O3S. The average Bonchev–Trinajstić information content (AvgIpc) is 3.01. The van der Waals surface area contributed by atoms with Crippen molar-refractivity contribution >= 4 is 40.9 Å². The molecule has 0 aliphatic rings. The topological polar surface area (TPSA) is 138 Å². The highest BCUT2D eigenvalue weighted by Gasteiger charge is 2.31. The van der Waals surface area contributed by atoms with E-state index in [1.54, 1.807) is 23.1 Å². The zero-order valence-corrected chi connectivity index (χ0v) is 28.4. The molecule has 11 nitrogen and oxygen atoms in total. The molecule has 0 bridgehead atoms. The highest BCUT2D eigenvalue weighted by Crippen LogP contribution is 2.28. The summed E-state index contributed by atoms with van der Waals surface area (Å²) >= 11 is 7.60. The van der Waals surface area contributed by atoms with Crippen LogP contribution in [0.2, 0.25) is 5.02 Å². The van der Waals surface area contributed by atoms with Gasteiger partial charge in [-0.1, -0.05) is 87.3 Å². The second-order valence-electron chi connectivity index (χ2n) is 11.4. The first-order chi connectivity index (χ1) is 21.5. The minimum atomic E-state index is -0.609. The number of benzene rings is 2. The summed E-state index contributed by atoms with van der Waals surface area (Å²) in [6.07, 6.45) is 2.70. The number of aromatic nitrogens is 3. The molecule has 1 unspecified atom stereocenters. The zero-order valence-electron chi connectivity index (χ0n) is 26.8. The second-order valence-corrected chi connectivity index (χ2v) is 12.8. The summed E-state index contributed by atoms with van der Waals surface area (Å²) in [6, 6.07) is 14.6. The van der Waals surface area contributed by atoms with Crippen LogP contribution in [0.4, 0.5) is 11.6 Å². The van der Waals surface area contributed by atoms with Crippen LogP contribution in [0, 0.1) is 10.1 Å². The molecule has 0 radical (unpaired) electrons. The summed E-state index contributed by atoms with van der Waals surface area (Å²) < 4.78 is 0. The van der Waals surface area contributed by atoms with Crippen molar-refractivity contribution < 1.29 is 9.72 Å². The van der Waals surface area contributed by atoms with Crippen LogP contribution in [0.25, 0.3) is 0 Å². The Morgan fingerprint density at radius 1 is 1.09 bits per heavy atom. The largest absolute Gasteiger partial charge is 0.353 e. The monoisotopic (exact) mass is 656 g/mol. The number of nitrogens with one attached hydrogen (secondary N) is 3. The average molecular weight is 657 g/mol. The molecule has 13 heteroatoms. The number of nitro benzene ring substituents is 1. The molecule has 244 valence electrons. The number of hydrogen-bond donors (Lipinski definition) is 3. The summed E-state index contributed by atoms with van der Waals surface area (Å²) in [7, 11) is 0. The van der Waals surface area contributed by atoms with E-state index >= 15 is 0 Å². The fourth-order valence-corrected chi connectivity index (χ4v) is 5.58. The third kappa shape index (κ3) is 11.8. The van der Waals surface area contributed by atoms with Crippen LogP contribution < -0.4 is 16.0 Å². The van der Waals surface area contributed by atoms with Crippen LogP contribution >= 0.6 is 23.4 Å². The standard InChI is InChI=1S/C32H45ClN8O3S/c1-6-7-16-32(5,36-19-20-40(24(4)42)21-26-10-8-9-11-28(26)41(43)44)29-37-30(35-18-17-34-23(2)3)39-31(38-29)45-22-25-12-14-27(33)15-13-25/h8-15,23,34,36H,6-7,16-22H2,1-5H3,(H,35,37,38,39). The van der Waals surface area contributed by atoms with E-state index in [2.05, 4.69) is 43.6 Å². The number of carbonyl (C=O) groups is 1.